The van der Waals surface area contributed by atoms with Crippen LogP contribution in [0.1, 0.15) is 16.1 Å². The number of aromatic nitrogens is 1. The summed E-state index contributed by atoms with van der Waals surface area (Å²) in [7, 11) is 0. The summed E-state index contributed by atoms with van der Waals surface area (Å²) < 4.78 is 0. The molecular formula is C11H12N2S. The zero-order valence-corrected chi connectivity index (χ0v) is 8.84. The van der Waals surface area contributed by atoms with Crippen LogP contribution >= 0.6 is 11.3 Å². The SMILES string of the molecule is Cc1ccc(N)c(Cc2nccs2)c1. The van der Waals surface area contributed by atoms with Crippen LogP contribution in [0.5, 0.6) is 0 Å². The van der Waals surface area contributed by atoms with Crippen molar-refractivity contribution < 1.29 is 0 Å². The minimum atomic E-state index is 0.838. The Morgan fingerprint density at radius 1 is 1.43 bits per heavy atom. The summed E-state index contributed by atoms with van der Waals surface area (Å²) in [6.07, 6.45) is 2.66. The molecule has 2 rings (SSSR count). The lowest BCUT2D eigenvalue weighted by Gasteiger charge is -2.04. The summed E-state index contributed by atoms with van der Waals surface area (Å²) in [6, 6.07) is 6.11. The summed E-state index contributed by atoms with van der Waals surface area (Å²) in [5, 5.41) is 3.10. The Bertz CT molecular complexity index is 421. The first-order valence-electron chi connectivity index (χ1n) is 4.49. The second-order valence-electron chi connectivity index (χ2n) is 3.30. The highest BCUT2D eigenvalue weighted by Crippen LogP contribution is 2.18. The van der Waals surface area contributed by atoms with Crippen LogP contribution in [0.25, 0.3) is 0 Å². The number of nitrogens with two attached hydrogens (primary N) is 1. The lowest BCUT2D eigenvalue weighted by Crippen LogP contribution is -1.95. The molecule has 0 spiro atoms. The summed E-state index contributed by atoms with van der Waals surface area (Å²) >= 11 is 1.67. The summed E-state index contributed by atoms with van der Waals surface area (Å²) in [4.78, 5) is 4.25. The molecule has 1 aromatic carbocycles. The fourth-order valence-electron chi connectivity index (χ4n) is 1.39. The number of thiazole rings is 1. The topological polar surface area (TPSA) is 38.9 Å². The van der Waals surface area contributed by atoms with E-state index in [1.807, 2.05) is 23.7 Å². The van der Waals surface area contributed by atoms with E-state index in [1.165, 1.54) is 11.1 Å². The van der Waals surface area contributed by atoms with Crippen molar-refractivity contribution in [3.63, 3.8) is 0 Å². The molecule has 1 heterocycles. The van der Waals surface area contributed by atoms with Crippen LogP contribution < -0.4 is 5.73 Å². The monoisotopic (exact) mass is 204 g/mol. The molecule has 14 heavy (non-hydrogen) atoms. The van der Waals surface area contributed by atoms with Crippen LogP contribution in [-0.2, 0) is 6.42 Å². The minimum Gasteiger partial charge on any atom is -0.398 e. The van der Waals surface area contributed by atoms with Gasteiger partial charge in [-0.25, -0.2) is 4.98 Å². The van der Waals surface area contributed by atoms with Crippen LogP contribution in [0.2, 0.25) is 0 Å². The second kappa shape index (κ2) is 3.80. The van der Waals surface area contributed by atoms with Gasteiger partial charge < -0.3 is 5.73 Å². The van der Waals surface area contributed by atoms with Crippen molar-refractivity contribution in [1.82, 2.24) is 4.98 Å². The maximum Gasteiger partial charge on any atom is 0.0969 e. The van der Waals surface area contributed by atoms with Gasteiger partial charge in [0.1, 0.15) is 0 Å². The van der Waals surface area contributed by atoms with Gasteiger partial charge in [0, 0.05) is 23.7 Å². The van der Waals surface area contributed by atoms with Gasteiger partial charge in [-0.1, -0.05) is 17.7 Å². The second-order valence-corrected chi connectivity index (χ2v) is 4.28. The molecule has 2 nitrogen and oxygen atoms in total. The van der Waals surface area contributed by atoms with E-state index in [0.29, 0.717) is 0 Å². The summed E-state index contributed by atoms with van der Waals surface area (Å²) in [5.41, 5.74) is 9.14. The molecule has 2 aromatic rings. The Hall–Kier alpha value is -1.35. The van der Waals surface area contributed by atoms with Gasteiger partial charge in [0.2, 0.25) is 0 Å². The van der Waals surface area contributed by atoms with Gasteiger partial charge in [-0.2, -0.15) is 0 Å². The van der Waals surface area contributed by atoms with Crippen molar-refractivity contribution in [3.8, 4) is 0 Å². The summed E-state index contributed by atoms with van der Waals surface area (Å²) in [6.45, 7) is 2.07. The molecule has 0 aliphatic rings. The molecule has 0 atom stereocenters. The minimum absolute atomic E-state index is 0.838. The number of anilines is 1. The maximum atomic E-state index is 5.88. The van der Waals surface area contributed by atoms with Crippen molar-refractivity contribution in [1.29, 1.82) is 0 Å². The quantitative estimate of drug-likeness (QED) is 0.764. The fraction of sp³-hybridized carbons (Fsp3) is 0.182. The number of aryl methyl sites for hydroxylation is 1. The number of nitrogen functional groups attached to an aromatic ring is 1. The molecule has 3 heteroatoms. The molecule has 0 saturated carbocycles. The third kappa shape index (κ3) is 1.93. The average Bonchev–Trinajstić information content (AvgIpc) is 2.64. The Balaban J connectivity index is 2.28. The zero-order chi connectivity index (χ0) is 9.97. The molecule has 0 amide bonds. The van der Waals surface area contributed by atoms with E-state index in [-0.39, 0.29) is 0 Å². The van der Waals surface area contributed by atoms with Crippen molar-refractivity contribution in [2.24, 2.45) is 0 Å². The van der Waals surface area contributed by atoms with Crippen LogP contribution in [0.4, 0.5) is 5.69 Å². The highest BCUT2D eigenvalue weighted by molar-refractivity contribution is 7.09. The van der Waals surface area contributed by atoms with Crippen molar-refractivity contribution in [2.75, 3.05) is 5.73 Å². The predicted octanol–water partition coefficient (Wildman–Crippen LogP) is 2.62. The first kappa shape index (κ1) is 9.21. The van der Waals surface area contributed by atoms with Crippen molar-refractivity contribution in [3.05, 3.63) is 45.9 Å². The number of rotatable bonds is 2. The Labute approximate surface area is 87.4 Å². The number of hydrogen-bond donors (Lipinski definition) is 1. The smallest absolute Gasteiger partial charge is 0.0969 e. The van der Waals surface area contributed by atoms with E-state index in [9.17, 15) is 0 Å². The van der Waals surface area contributed by atoms with Gasteiger partial charge in [-0.05, 0) is 18.6 Å². The normalized spacial score (nSPS) is 10.4. The third-order valence-electron chi connectivity index (χ3n) is 2.12. The molecule has 1 aromatic heterocycles. The van der Waals surface area contributed by atoms with Crippen LogP contribution in [-0.4, -0.2) is 4.98 Å². The molecule has 72 valence electrons. The van der Waals surface area contributed by atoms with Gasteiger partial charge in [-0.3, -0.25) is 0 Å². The maximum absolute atomic E-state index is 5.88. The fourth-order valence-corrected chi connectivity index (χ4v) is 2.03. The van der Waals surface area contributed by atoms with Crippen molar-refractivity contribution >= 4 is 17.0 Å². The molecule has 0 bridgehead atoms. The van der Waals surface area contributed by atoms with Gasteiger partial charge in [-0.15, -0.1) is 11.3 Å². The number of hydrogen-bond acceptors (Lipinski definition) is 3. The van der Waals surface area contributed by atoms with Crippen molar-refractivity contribution in [2.45, 2.75) is 13.3 Å². The van der Waals surface area contributed by atoms with Gasteiger partial charge in [0.25, 0.3) is 0 Å². The van der Waals surface area contributed by atoms with Gasteiger partial charge in [0.15, 0.2) is 0 Å². The van der Waals surface area contributed by atoms with E-state index in [1.54, 1.807) is 11.3 Å². The Morgan fingerprint density at radius 3 is 3.00 bits per heavy atom. The molecule has 0 aliphatic heterocycles. The molecule has 0 radical (unpaired) electrons. The number of nitrogens with zero attached hydrogens (tertiary/aromatic N) is 1. The lowest BCUT2D eigenvalue weighted by molar-refractivity contribution is 1.13. The standard InChI is InChI=1S/C11H12N2S/c1-8-2-3-10(12)9(6-8)7-11-13-4-5-14-11/h2-6H,7,12H2,1H3. The Kier molecular flexibility index (Phi) is 2.50. The number of benzene rings is 1. The molecule has 0 fully saturated rings. The molecule has 0 saturated heterocycles. The molecule has 0 unspecified atom stereocenters. The molecule has 2 N–H and O–H groups in total. The average molecular weight is 204 g/mol. The van der Waals surface area contributed by atoms with Crippen LogP contribution in [0.3, 0.4) is 0 Å². The zero-order valence-electron chi connectivity index (χ0n) is 8.03. The van der Waals surface area contributed by atoms with E-state index < -0.39 is 0 Å². The largest absolute Gasteiger partial charge is 0.398 e. The van der Waals surface area contributed by atoms with E-state index in [2.05, 4.69) is 18.0 Å². The van der Waals surface area contributed by atoms with Crippen LogP contribution in [0, 0.1) is 6.92 Å². The van der Waals surface area contributed by atoms with Gasteiger partial charge >= 0.3 is 0 Å². The summed E-state index contributed by atoms with van der Waals surface area (Å²) in [5.74, 6) is 0. The van der Waals surface area contributed by atoms with Crippen LogP contribution in [0.15, 0.2) is 29.8 Å². The highest BCUT2D eigenvalue weighted by Gasteiger charge is 2.02. The van der Waals surface area contributed by atoms with Gasteiger partial charge in [0.05, 0.1) is 5.01 Å². The third-order valence-corrected chi connectivity index (χ3v) is 2.90. The van der Waals surface area contributed by atoms with E-state index >= 15 is 0 Å². The molecule has 0 aliphatic carbocycles. The lowest BCUT2D eigenvalue weighted by atomic mass is 10.1. The van der Waals surface area contributed by atoms with E-state index in [4.69, 9.17) is 5.73 Å². The highest BCUT2D eigenvalue weighted by atomic mass is 32.1. The predicted molar refractivity (Wildman–Crippen MR) is 60.5 cm³/mol. The van der Waals surface area contributed by atoms with E-state index in [0.717, 1.165) is 17.1 Å². The molecular weight excluding hydrogens is 192 g/mol. The Morgan fingerprint density at radius 2 is 2.29 bits per heavy atom. The first-order chi connectivity index (χ1) is 6.75. The first-order valence-corrected chi connectivity index (χ1v) is 5.37.